The highest BCUT2D eigenvalue weighted by molar-refractivity contribution is 5.94. The average Bonchev–Trinajstić information content (AvgIpc) is 2.66. The van der Waals surface area contributed by atoms with E-state index in [1.165, 1.54) is 19.2 Å². The molecule has 0 aliphatic carbocycles. The fourth-order valence-electron chi connectivity index (χ4n) is 3.30. The van der Waals surface area contributed by atoms with E-state index in [4.69, 9.17) is 9.47 Å². The van der Waals surface area contributed by atoms with E-state index in [-0.39, 0.29) is 23.3 Å². The Kier molecular flexibility index (Phi) is 7.41. The molecule has 1 heterocycles. The normalized spacial score (nSPS) is 15.9. The number of likely N-dealkylation sites (tertiary alicyclic amines) is 1. The van der Waals surface area contributed by atoms with E-state index in [9.17, 15) is 14.0 Å². The molecule has 7 nitrogen and oxygen atoms in total. The van der Waals surface area contributed by atoms with E-state index >= 15 is 0 Å². The van der Waals surface area contributed by atoms with Crippen molar-refractivity contribution < 1.29 is 23.5 Å². The molecule has 0 aromatic heterocycles. The number of nitrogens with one attached hydrogen (secondary N) is 2. The van der Waals surface area contributed by atoms with Crippen LogP contribution in [0.1, 0.15) is 36.5 Å². The van der Waals surface area contributed by atoms with Crippen molar-refractivity contribution in [3.63, 3.8) is 0 Å². The van der Waals surface area contributed by atoms with Crippen LogP contribution < -0.4 is 15.4 Å². The lowest BCUT2D eigenvalue weighted by Crippen LogP contribution is -2.58. The lowest BCUT2D eigenvalue weighted by Gasteiger charge is -2.42. The van der Waals surface area contributed by atoms with Crippen LogP contribution in [0, 0.1) is 5.82 Å². The number of rotatable bonds is 7. The summed E-state index contributed by atoms with van der Waals surface area (Å²) in [7, 11) is 3.00. The van der Waals surface area contributed by atoms with Gasteiger partial charge in [-0.05, 0) is 44.4 Å². The maximum atomic E-state index is 13.9. The Labute approximate surface area is 159 Å². The van der Waals surface area contributed by atoms with Crippen LogP contribution >= 0.6 is 0 Å². The number of ether oxygens (including phenoxy) is 2. The molecule has 3 amide bonds. The third-order valence-electron chi connectivity index (χ3n) is 4.91. The second-order valence-electron chi connectivity index (χ2n) is 6.65. The number of halogens is 1. The van der Waals surface area contributed by atoms with Gasteiger partial charge in [-0.15, -0.1) is 0 Å². The van der Waals surface area contributed by atoms with Crippen molar-refractivity contribution in [2.45, 2.75) is 31.7 Å². The van der Waals surface area contributed by atoms with Crippen LogP contribution in [0.4, 0.5) is 9.18 Å². The largest absolute Gasteiger partial charge is 0.494 e. The Bertz CT molecular complexity index is 660. The Morgan fingerprint density at radius 2 is 1.96 bits per heavy atom. The van der Waals surface area contributed by atoms with Crippen molar-refractivity contribution in [3.05, 3.63) is 29.6 Å². The van der Waals surface area contributed by atoms with Gasteiger partial charge in [0, 0.05) is 44.5 Å². The summed E-state index contributed by atoms with van der Waals surface area (Å²) in [5.74, 6) is -0.683. The van der Waals surface area contributed by atoms with Gasteiger partial charge in [0.1, 0.15) is 0 Å². The Morgan fingerprint density at radius 1 is 1.26 bits per heavy atom. The van der Waals surface area contributed by atoms with Gasteiger partial charge in [0.15, 0.2) is 11.6 Å². The van der Waals surface area contributed by atoms with Crippen LogP contribution in [0.15, 0.2) is 18.2 Å². The summed E-state index contributed by atoms with van der Waals surface area (Å²) in [6, 6.07) is 3.99. The first-order chi connectivity index (χ1) is 12.9. The van der Waals surface area contributed by atoms with Crippen LogP contribution in [0.5, 0.6) is 5.75 Å². The van der Waals surface area contributed by atoms with Gasteiger partial charge in [0.25, 0.3) is 5.91 Å². The molecule has 1 aromatic rings. The summed E-state index contributed by atoms with van der Waals surface area (Å²) < 4.78 is 24.0. The number of urea groups is 1. The number of carbonyl (C=O) groups is 2. The number of methoxy groups -OCH3 is 2. The van der Waals surface area contributed by atoms with Crippen LogP contribution in [-0.2, 0) is 4.74 Å². The summed E-state index contributed by atoms with van der Waals surface area (Å²) in [4.78, 5) is 26.4. The first-order valence-electron chi connectivity index (χ1n) is 9.12. The van der Waals surface area contributed by atoms with E-state index in [0.717, 1.165) is 0 Å². The average molecular weight is 381 g/mol. The molecular formula is C19H28FN3O4. The van der Waals surface area contributed by atoms with Crippen molar-refractivity contribution in [2.24, 2.45) is 0 Å². The minimum absolute atomic E-state index is 0.106. The van der Waals surface area contributed by atoms with Crippen LogP contribution in [-0.4, -0.2) is 62.8 Å². The first-order valence-corrected chi connectivity index (χ1v) is 9.12. The Balaban J connectivity index is 2.04. The van der Waals surface area contributed by atoms with Crippen molar-refractivity contribution in [2.75, 3.05) is 40.5 Å². The minimum atomic E-state index is -0.562. The van der Waals surface area contributed by atoms with Gasteiger partial charge in [-0.25, -0.2) is 9.18 Å². The SMILES string of the molecule is CCNC(=O)NC1(CCOC)CCN(C(=O)c2ccc(OC)c(F)c2)CC1. The van der Waals surface area contributed by atoms with Crippen LogP contribution in [0.2, 0.25) is 0 Å². The predicted octanol–water partition coefficient (Wildman–Crippen LogP) is 2.16. The van der Waals surface area contributed by atoms with Gasteiger partial charge >= 0.3 is 6.03 Å². The van der Waals surface area contributed by atoms with E-state index in [1.807, 2.05) is 6.92 Å². The van der Waals surface area contributed by atoms with Crippen LogP contribution in [0.3, 0.4) is 0 Å². The fourth-order valence-corrected chi connectivity index (χ4v) is 3.30. The molecule has 8 heteroatoms. The molecule has 0 saturated carbocycles. The number of amides is 3. The summed E-state index contributed by atoms with van der Waals surface area (Å²) >= 11 is 0. The third-order valence-corrected chi connectivity index (χ3v) is 4.91. The van der Waals surface area contributed by atoms with Crippen molar-refractivity contribution in [3.8, 4) is 5.75 Å². The molecule has 2 rings (SSSR count). The van der Waals surface area contributed by atoms with Crippen LogP contribution in [0.25, 0.3) is 0 Å². The third kappa shape index (κ3) is 5.32. The number of benzene rings is 1. The van der Waals surface area contributed by atoms with Crippen molar-refractivity contribution in [1.82, 2.24) is 15.5 Å². The Hall–Kier alpha value is -2.35. The molecule has 0 bridgehead atoms. The highest BCUT2D eigenvalue weighted by Crippen LogP contribution is 2.27. The number of piperidine rings is 1. The molecule has 0 atom stereocenters. The molecule has 0 radical (unpaired) electrons. The molecule has 1 aliphatic rings. The molecule has 0 spiro atoms. The molecule has 1 aromatic carbocycles. The number of carbonyl (C=O) groups excluding carboxylic acids is 2. The molecule has 1 saturated heterocycles. The van der Waals surface area contributed by atoms with Crippen molar-refractivity contribution in [1.29, 1.82) is 0 Å². The monoisotopic (exact) mass is 381 g/mol. The van der Waals surface area contributed by atoms with Crippen molar-refractivity contribution >= 4 is 11.9 Å². The second kappa shape index (κ2) is 9.55. The Morgan fingerprint density at radius 3 is 2.52 bits per heavy atom. The maximum absolute atomic E-state index is 13.9. The minimum Gasteiger partial charge on any atom is -0.494 e. The van der Waals surface area contributed by atoms with Gasteiger partial charge in [0.05, 0.1) is 7.11 Å². The zero-order valence-electron chi connectivity index (χ0n) is 16.1. The van der Waals surface area contributed by atoms with E-state index in [0.29, 0.717) is 45.5 Å². The molecule has 2 N–H and O–H groups in total. The molecule has 1 fully saturated rings. The quantitative estimate of drug-likeness (QED) is 0.759. The summed E-state index contributed by atoms with van der Waals surface area (Å²) in [5.41, 5.74) is -0.133. The molecule has 27 heavy (non-hydrogen) atoms. The standard InChI is InChI=1S/C19H28FN3O4/c1-4-21-18(25)22-19(9-12-26-2)7-10-23(11-8-19)17(24)14-5-6-16(27-3)15(20)13-14/h5-6,13H,4,7-12H2,1-3H3,(H2,21,22,25). The summed E-state index contributed by atoms with van der Waals surface area (Å²) in [6.45, 7) is 3.87. The van der Waals surface area contributed by atoms with Gasteiger partial charge in [0.2, 0.25) is 0 Å². The highest BCUT2D eigenvalue weighted by Gasteiger charge is 2.37. The lowest BCUT2D eigenvalue weighted by atomic mass is 9.84. The lowest BCUT2D eigenvalue weighted by molar-refractivity contribution is 0.0603. The first kappa shape index (κ1) is 21.0. The summed E-state index contributed by atoms with van der Waals surface area (Å²) in [5, 5.41) is 5.79. The van der Waals surface area contributed by atoms with Gasteiger partial charge in [-0.3, -0.25) is 4.79 Å². The zero-order chi connectivity index (χ0) is 19.9. The van der Waals surface area contributed by atoms with E-state index in [1.54, 1.807) is 18.1 Å². The predicted molar refractivity (Wildman–Crippen MR) is 99.5 cm³/mol. The van der Waals surface area contributed by atoms with E-state index in [2.05, 4.69) is 10.6 Å². The number of hydrogen-bond acceptors (Lipinski definition) is 4. The van der Waals surface area contributed by atoms with Gasteiger partial charge in [-0.1, -0.05) is 0 Å². The maximum Gasteiger partial charge on any atom is 0.315 e. The smallest absolute Gasteiger partial charge is 0.315 e. The molecule has 0 unspecified atom stereocenters. The second-order valence-corrected chi connectivity index (χ2v) is 6.65. The number of hydrogen-bond donors (Lipinski definition) is 2. The topological polar surface area (TPSA) is 79.9 Å². The molecule has 150 valence electrons. The van der Waals surface area contributed by atoms with E-state index < -0.39 is 11.4 Å². The fraction of sp³-hybridized carbons (Fsp3) is 0.579. The summed E-state index contributed by atoms with van der Waals surface area (Å²) in [6.07, 6.45) is 1.88. The van der Waals surface area contributed by atoms with Gasteiger partial charge in [-0.2, -0.15) is 0 Å². The number of nitrogens with zero attached hydrogens (tertiary/aromatic N) is 1. The van der Waals surface area contributed by atoms with Gasteiger partial charge < -0.3 is 25.0 Å². The highest BCUT2D eigenvalue weighted by atomic mass is 19.1. The molecular weight excluding hydrogens is 353 g/mol. The zero-order valence-corrected chi connectivity index (χ0v) is 16.1. The molecule has 1 aliphatic heterocycles.